The first kappa shape index (κ1) is 12.5. The normalized spacial score (nSPS) is 16.9. The number of halogens is 1. The van der Waals surface area contributed by atoms with E-state index < -0.39 is 0 Å². The van der Waals surface area contributed by atoms with E-state index in [1.807, 2.05) is 24.3 Å². The van der Waals surface area contributed by atoms with Crippen LogP contribution >= 0.6 is 22.6 Å². The molecule has 90 valence electrons. The predicted octanol–water partition coefficient (Wildman–Crippen LogP) is 2.53. The number of rotatable bonds is 2. The Bertz CT molecular complexity index is 435. The van der Waals surface area contributed by atoms with Gasteiger partial charge in [-0.25, -0.2) is 0 Å². The number of hydrogen-bond acceptors (Lipinski definition) is 2. The van der Waals surface area contributed by atoms with Crippen LogP contribution < -0.4 is 5.32 Å². The van der Waals surface area contributed by atoms with Gasteiger partial charge < -0.3 is 5.32 Å². The van der Waals surface area contributed by atoms with Gasteiger partial charge in [-0.3, -0.25) is 9.59 Å². The van der Waals surface area contributed by atoms with E-state index in [0.717, 1.165) is 16.4 Å². The van der Waals surface area contributed by atoms with Gasteiger partial charge in [0.2, 0.25) is 0 Å². The van der Waals surface area contributed by atoms with E-state index in [0.29, 0.717) is 24.2 Å². The lowest BCUT2D eigenvalue weighted by atomic mass is 9.94. The van der Waals surface area contributed by atoms with Crippen molar-refractivity contribution in [2.75, 3.05) is 0 Å². The summed E-state index contributed by atoms with van der Waals surface area (Å²) in [6, 6.07) is 7.67. The quantitative estimate of drug-likeness (QED) is 0.839. The lowest BCUT2D eigenvalue weighted by Crippen LogP contribution is -2.38. The van der Waals surface area contributed by atoms with E-state index in [-0.39, 0.29) is 11.9 Å². The maximum atomic E-state index is 12.0. The van der Waals surface area contributed by atoms with E-state index in [1.54, 1.807) is 0 Å². The van der Waals surface area contributed by atoms with Crippen LogP contribution in [0.15, 0.2) is 24.3 Å². The zero-order valence-corrected chi connectivity index (χ0v) is 11.6. The van der Waals surface area contributed by atoms with Gasteiger partial charge in [-0.05, 0) is 47.6 Å². The summed E-state index contributed by atoms with van der Waals surface area (Å²) in [7, 11) is 0. The number of nitrogens with one attached hydrogen (secondary N) is 1. The summed E-state index contributed by atoms with van der Waals surface area (Å²) in [5, 5.41) is 3.00. The molecule has 0 radical (unpaired) electrons. The number of carbonyl (C=O) groups is 2. The fourth-order valence-electron chi connectivity index (χ4n) is 1.99. The molecule has 0 bridgehead atoms. The van der Waals surface area contributed by atoms with Gasteiger partial charge in [0, 0.05) is 22.5 Å². The van der Waals surface area contributed by atoms with Crippen LogP contribution in [0.3, 0.4) is 0 Å². The van der Waals surface area contributed by atoms with E-state index in [2.05, 4.69) is 27.9 Å². The monoisotopic (exact) mass is 343 g/mol. The standard InChI is InChI=1S/C13H14INO2/c14-12-4-2-1-3-11(12)13(17)15-9-5-7-10(16)8-6-9/h1-4,9H,5-8H2,(H,15,17). The maximum absolute atomic E-state index is 12.0. The summed E-state index contributed by atoms with van der Waals surface area (Å²) < 4.78 is 0.953. The Morgan fingerprint density at radius 1 is 1.24 bits per heavy atom. The average molecular weight is 343 g/mol. The molecule has 3 nitrogen and oxygen atoms in total. The van der Waals surface area contributed by atoms with Crippen molar-refractivity contribution in [1.82, 2.24) is 5.32 Å². The molecule has 17 heavy (non-hydrogen) atoms. The molecule has 1 N–H and O–H groups in total. The summed E-state index contributed by atoms with van der Waals surface area (Å²) in [5.41, 5.74) is 0.713. The minimum atomic E-state index is -0.0330. The fraction of sp³-hybridized carbons (Fsp3) is 0.385. The molecule has 0 unspecified atom stereocenters. The number of amides is 1. The number of hydrogen-bond donors (Lipinski definition) is 1. The molecular formula is C13H14INO2. The van der Waals surface area contributed by atoms with Gasteiger partial charge in [-0.1, -0.05) is 12.1 Å². The van der Waals surface area contributed by atoms with Crippen molar-refractivity contribution >= 4 is 34.3 Å². The third-order valence-electron chi connectivity index (χ3n) is 3.00. The Hall–Kier alpha value is -0.910. The van der Waals surface area contributed by atoms with E-state index >= 15 is 0 Å². The van der Waals surface area contributed by atoms with Crippen LogP contribution in [0.25, 0.3) is 0 Å². The largest absolute Gasteiger partial charge is 0.349 e. The van der Waals surface area contributed by atoms with Crippen molar-refractivity contribution in [2.24, 2.45) is 0 Å². The molecule has 1 fully saturated rings. The third-order valence-corrected chi connectivity index (χ3v) is 3.94. The number of benzene rings is 1. The maximum Gasteiger partial charge on any atom is 0.252 e. The molecule has 1 aliphatic rings. The highest BCUT2D eigenvalue weighted by molar-refractivity contribution is 14.1. The summed E-state index contributed by atoms with van der Waals surface area (Å²) in [4.78, 5) is 23.1. The Balaban J connectivity index is 1.98. The Labute approximate surface area is 114 Å². The highest BCUT2D eigenvalue weighted by atomic mass is 127. The van der Waals surface area contributed by atoms with Gasteiger partial charge in [0.15, 0.2) is 0 Å². The molecule has 4 heteroatoms. The first-order valence-electron chi connectivity index (χ1n) is 5.74. The number of Topliss-reactive ketones (excluding diaryl/α,β-unsaturated/α-hetero) is 1. The van der Waals surface area contributed by atoms with Crippen molar-refractivity contribution in [2.45, 2.75) is 31.7 Å². The number of ketones is 1. The van der Waals surface area contributed by atoms with Crippen molar-refractivity contribution in [1.29, 1.82) is 0 Å². The van der Waals surface area contributed by atoms with E-state index in [1.165, 1.54) is 0 Å². The smallest absolute Gasteiger partial charge is 0.252 e. The van der Waals surface area contributed by atoms with Crippen LogP contribution in [0.5, 0.6) is 0 Å². The second-order valence-corrected chi connectivity index (χ2v) is 5.43. The average Bonchev–Trinajstić information content (AvgIpc) is 2.32. The molecule has 0 atom stereocenters. The van der Waals surface area contributed by atoms with Crippen molar-refractivity contribution in [3.05, 3.63) is 33.4 Å². The van der Waals surface area contributed by atoms with E-state index in [4.69, 9.17) is 0 Å². The lowest BCUT2D eigenvalue weighted by molar-refractivity contribution is -0.120. The van der Waals surface area contributed by atoms with Gasteiger partial charge in [0.25, 0.3) is 5.91 Å². The predicted molar refractivity (Wildman–Crippen MR) is 73.9 cm³/mol. The molecule has 0 spiro atoms. The number of carbonyl (C=O) groups excluding carboxylic acids is 2. The molecule has 1 saturated carbocycles. The van der Waals surface area contributed by atoms with Crippen molar-refractivity contribution in [3.8, 4) is 0 Å². The first-order valence-corrected chi connectivity index (χ1v) is 6.82. The van der Waals surface area contributed by atoms with Gasteiger partial charge in [-0.15, -0.1) is 0 Å². The highest BCUT2D eigenvalue weighted by Gasteiger charge is 2.21. The summed E-state index contributed by atoms with van der Waals surface area (Å²) in [6.45, 7) is 0. The zero-order valence-electron chi connectivity index (χ0n) is 9.41. The van der Waals surface area contributed by atoms with Crippen LogP contribution in [0.1, 0.15) is 36.0 Å². The second kappa shape index (κ2) is 5.62. The fourth-order valence-corrected chi connectivity index (χ4v) is 2.62. The Kier molecular flexibility index (Phi) is 4.15. The summed E-state index contributed by atoms with van der Waals surface area (Å²) in [6.07, 6.45) is 2.73. The van der Waals surface area contributed by atoms with E-state index in [9.17, 15) is 9.59 Å². The van der Waals surface area contributed by atoms with Gasteiger partial charge in [0.1, 0.15) is 5.78 Å². The third kappa shape index (κ3) is 3.28. The lowest BCUT2D eigenvalue weighted by Gasteiger charge is -2.22. The molecule has 2 rings (SSSR count). The molecule has 0 heterocycles. The molecule has 1 aromatic carbocycles. The Morgan fingerprint density at radius 2 is 1.88 bits per heavy atom. The SMILES string of the molecule is O=C1CCC(NC(=O)c2ccccc2I)CC1. The first-order chi connectivity index (χ1) is 8.16. The Morgan fingerprint density at radius 3 is 2.53 bits per heavy atom. The molecule has 1 aromatic rings. The molecule has 1 aliphatic carbocycles. The van der Waals surface area contributed by atoms with Crippen LogP contribution in [-0.4, -0.2) is 17.7 Å². The van der Waals surface area contributed by atoms with Crippen LogP contribution in [0.2, 0.25) is 0 Å². The van der Waals surface area contributed by atoms with Crippen molar-refractivity contribution < 1.29 is 9.59 Å². The summed E-state index contributed by atoms with van der Waals surface area (Å²) >= 11 is 2.16. The minimum Gasteiger partial charge on any atom is -0.349 e. The van der Waals surface area contributed by atoms with Crippen LogP contribution in [0.4, 0.5) is 0 Å². The van der Waals surface area contributed by atoms with Crippen LogP contribution in [0, 0.1) is 3.57 Å². The van der Waals surface area contributed by atoms with Gasteiger partial charge >= 0.3 is 0 Å². The van der Waals surface area contributed by atoms with Gasteiger partial charge in [0.05, 0.1) is 5.56 Å². The van der Waals surface area contributed by atoms with Gasteiger partial charge in [-0.2, -0.15) is 0 Å². The molecule has 1 amide bonds. The zero-order chi connectivity index (χ0) is 12.3. The van der Waals surface area contributed by atoms with Crippen molar-refractivity contribution in [3.63, 3.8) is 0 Å². The molecular weight excluding hydrogens is 329 g/mol. The second-order valence-electron chi connectivity index (χ2n) is 4.27. The molecule has 0 aromatic heterocycles. The minimum absolute atomic E-state index is 0.0330. The summed E-state index contributed by atoms with van der Waals surface area (Å²) in [5.74, 6) is 0.277. The molecule has 0 saturated heterocycles. The topological polar surface area (TPSA) is 46.2 Å². The van der Waals surface area contributed by atoms with Crippen LogP contribution in [-0.2, 0) is 4.79 Å². The highest BCUT2D eigenvalue weighted by Crippen LogP contribution is 2.17. The molecule has 0 aliphatic heterocycles.